The molecule has 2 aromatic carbocycles. The molecule has 0 bridgehead atoms. The third-order valence-corrected chi connectivity index (χ3v) is 7.16. The summed E-state index contributed by atoms with van der Waals surface area (Å²) < 4.78 is 61.8. The maximum Gasteiger partial charge on any atom is 0.407 e. The fraction of sp³-hybridized carbons (Fsp3) is 0.552. The Kier molecular flexibility index (Phi) is 7.58. The largest absolute Gasteiger partial charge is 0.456 e. The van der Waals surface area contributed by atoms with E-state index in [0.29, 0.717) is 40.6 Å². The fourth-order valence-electron chi connectivity index (χ4n) is 5.32. The first-order valence-electron chi connectivity index (χ1n) is 13.1. The monoisotopic (exact) mass is 535 g/mol. The van der Waals surface area contributed by atoms with Crippen LogP contribution in [0.25, 0.3) is 21.9 Å². The zero-order valence-electron chi connectivity index (χ0n) is 22.9. The molecule has 1 saturated heterocycles. The molecular formula is C29H37F4N3O2. The molecule has 1 aromatic heterocycles. The van der Waals surface area contributed by atoms with Crippen molar-refractivity contribution in [2.75, 3.05) is 26.2 Å². The summed E-state index contributed by atoms with van der Waals surface area (Å²) in [5.41, 5.74) is -0.247. The van der Waals surface area contributed by atoms with Gasteiger partial charge in [0.25, 0.3) is 5.91 Å². The number of benzene rings is 2. The predicted molar refractivity (Wildman–Crippen MR) is 142 cm³/mol. The molecule has 3 aromatic rings. The van der Waals surface area contributed by atoms with Crippen LogP contribution in [0.4, 0.5) is 17.6 Å². The van der Waals surface area contributed by atoms with Crippen molar-refractivity contribution in [2.24, 2.45) is 0 Å². The van der Waals surface area contributed by atoms with Gasteiger partial charge in [-0.2, -0.15) is 13.2 Å². The molecule has 1 N–H and O–H groups in total. The van der Waals surface area contributed by atoms with Crippen molar-refractivity contribution in [1.29, 1.82) is 0 Å². The van der Waals surface area contributed by atoms with E-state index in [1.165, 1.54) is 26.0 Å². The zero-order chi connectivity index (χ0) is 28.0. The Morgan fingerprint density at radius 2 is 1.58 bits per heavy atom. The molecule has 2 atom stereocenters. The minimum absolute atomic E-state index is 0.0133. The first-order chi connectivity index (χ1) is 17.5. The Labute approximate surface area is 221 Å². The van der Waals surface area contributed by atoms with Crippen molar-refractivity contribution in [3.8, 4) is 0 Å². The Bertz CT molecular complexity index is 1300. The van der Waals surface area contributed by atoms with Gasteiger partial charge in [0.15, 0.2) is 0 Å². The van der Waals surface area contributed by atoms with Gasteiger partial charge in [-0.25, -0.2) is 4.39 Å². The molecule has 1 aliphatic rings. The average molecular weight is 536 g/mol. The number of carbonyl (C=O) groups excluding carboxylic acids is 1. The Hall–Kier alpha value is -2.65. The van der Waals surface area contributed by atoms with Gasteiger partial charge in [-0.15, -0.1) is 0 Å². The molecule has 0 spiro atoms. The van der Waals surface area contributed by atoms with Crippen LogP contribution < -0.4 is 5.32 Å². The second-order valence-corrected chi connectivity index (χ2v) is 12.0. The van der Waals surface area contributed by atoms with E-state index in [1.54, 1.807) is 31.2 Å². The van der Waals surface area contributed by atoms with Gasteiger partial charge >= 0.3 is 6.18 Å². The van der Waals surface area contributed by atoms with Crippen molar-refractivity contribution in [3.63, 3.8) is 0 Å². The lowest BCUT2D eigenvalue weighted by molar-refractivity contribution is -0.160. The molecule has 38 heavy (non-hydrogen) atoms. The number of nitrogens with one attached hydrogen (secondary N) is 1. The standard InChI is InChI=1S/C29H37F4N3O2/c1-18(17-28(5,6)30)34-25(29(31,32)33)19-7-9-21-22-15-20(8-10-23(22)38-24(21)16-19)26(37)35-11-13-36(14-12-35)27(2,3)4/h7-10,15-16,18,25,34H,11-14,17H2,1-6H3. The smallest absolute Gasteiger partial charge is 0.407 e. The molecule has 1 aliphatic heterocycles. The number of halogens is 4. The molecule has 0 radical (unpaired) electrons. The fourth-order valence-corrected chi connectivity index (χ4v) is 5.32. The van der Waals surface area contributed by atoms with Gasteiger partial charge in [0.2, 0.25) is 0 Å². The SMILES string of the molecule is CC(CC(C)(C)F)NC(c1ccc2c(c1)oc1ccc(C(=O)N3CCN(C(C)(C)C)CC3)cc12)C(F)(F)F. The highest BCUT2D eigenvalue weighted by atomic mass is 19.4. The highest BCUT2D eigenvalue weighted by Crippen LogP contribution is 2.37. The first kappa shape index (κ1) is 28.4. The number of fused-ring (bicyclic) bond motifs is 3. The normalized spacial score (nSPS) is 17.8. The van der Waals surface area contributed by atoms with Crippen molar-refractivity contribution < 1.29 is 26.8 Å². The summed E-state index contributed by atoms with van der Waals surface area (Å²) in [5, 5.41) is 3.85. The van der Waals surface area contributed by atoms with Crippen LogP contribution in [-0.4, -0.2) is 65.3 Å². The molecule has 208 valence electrons. The van der Waals surface area contributed by atoms with Crippen LogP contribution in [0.3, 0.4) is 0 Å². The molecular weight excluding hydrogens is 498 g/mol. The second-order valence-electron chi connectivity index (χ2n) is 12.0. The molecule has 9 heteroatoms. The van der Waals surface area contributed by atoms with Crippen LogP contribution >= 0.6 is 0 Å². The molecule has 4 rings (SSSR count). The number of carbonyl (C=O) groups is 1. The van der Waals surface area contributed by atoms with Crippen LogP contribution in [0, 0.1) is 0 Å². The van der Waals surface area contributed by atoms with Crippen LogP contribution in [0.2, 0.25) is 0 Å². The van der Waals surface area contributed by atoms with Gasteiger partial charge in [-0.1, -0.05) is 12.1 Å². The van der Waals surface area contributed by atoms with Gasteiger partial charge in [0.1, 0.15) is 22.9 Å². The number of hydrogen-bond acceptors (Lipinski definition) is 4. The Balaban J connectivity index is 1.59. The van der Waals surface area contributed by atoms with E-state index in [9.17, 15) is 22.4 Å². The topological polar surface area (TPSA) is 48.7 Å². The summed E-state index contributed by atoms with van der Waals surface area (Å²) in [5.74, 6) is -0.0717. The number of alkyl halides is 4. The third kappa shape index (κ3) is 6.31. The van der Waals surface area contributed by atoms with E-state index in [0.717, 1.165) is 13.1 Å². The van der Waals surface area contributed by atoms with Crippen molar-refractivity contribution in [3.05, 3.63) is 47.5 Å². The molecule has 2 heterocycles. The predicted octanol–water partition coefficient (Wildman–Crippen LogP) is 6.86. The number of nitrogens with zero attached hydrogens (tertiary/aromatic N) is 2. The molecule has 0 saturated carbocycles. The minimum Gasteiger partial charge on any atom is -0.456 e. The lowest BCUT2D eigenvalue weighted by atomic mass is 9.98. The average Bonchev–Trinajstić information content (AvgIpc) is 3.16. The number of piperazine rings is 1. The Morgan fingerprint density at radius 1 is 0.921 bits per heavy atom. The summed E-state index contributed by atoms with van der Waals surface area (Å²) in [4.78, 5) is 17.4. The van der Waals surface area contributed by atoms with Crippen LogP contribution in [-0.2, 0) is 0 Å². The van der Waals surface area contributed by atoms with Gasteiger partial charge < -0.3 is 9.32 Å². The minimum atomic E-state index is -4.58. The summed E-state index contributed by atoms with van der Waals surface area (Å²) in [6.45, 7) is 13.6. The van der Waals surface area contributed by atoms with Gasteiger partial charge in [-0.05, 0) is 77.8 Å². The maximum atomic E-state index is 14.0. The number of hydrogen-bond donors (Lipinski definition) is 1. The maximum absolute atomic E-state index is 14.0. The summed E-state index contributed by atoms with van der Waals surface area (Å²) in [6.07, 6.45) is -4.64. The summed E-state index contributed by atoms with van der Waals surface area (Å²) in [7, 11) is 0. The molecule has 5 nitrogen and oxygen atoms in total. The Morgan fingerprint density at radius 3 is 2.16 bits per heavy atom. The molecule has 0 aliphatic carbocycles. The highest BCUT2D eigenvalue weighted by Gasteiger charge is 2.42. The van der Waals surface area contributed by atoms with E-state index < -0.39 is 23.9 Å². The van der Waals surface area contributed by atoms with E-state index in [-0.39, 0.29) is 23.4 Å². The number of furan rings is 1. The van der Waals surface area contributed by atoms with E-state index in [1.807, 2.05) is 4.90 Å². The van der Waals surface area contributed by atoms with Crippen molar-refractivity contribution in [2.45, 2.75) is 77.4 Å². The van der Waals surface area contributed by atoms with E-state index in [4.69, 9.17) is 4.42 Å². The zero-order valence-corrected chi connectivity index (χ0v) is 22.9. The highest BCUT2D eigenvalue weighted by molar-refractivity contribution is 6.08. The molecule has 1 amide bonds. The van der Waals surface area contributed by atoms with Gasteiger partial charge in [-0.3, -0.25) is 15.0 Å². The van der Waals surface area contributed by atoms with Crippen LogP contribution in [0.5, 0.6) is 0 Å². The molecule has 1 fully saturated rings. The number of amides is 1. The van der Waals surface area contributed by atoms with Gasteiger partial charge in [0.05, 0.1) is 0 Å². The lowest BCUT2D eigenvalue weighted by Crippen LogP contribution is -2.54. The number of rotatable bonds is 6. The van der Waals surface area contributed by atoms with Crippen LogP contribution in [0.1, 0.15) is 69.9 Å². The lowest BCUT2D eigenvalue weighted by Gasteiger charge is -2.42. The third-order valence-electron chi connectivity index (χ3n) is 7.16. The van der Waals surface area contributed by atoms with E-state index in [2.05, 4.69) is 31.0 Å². The van der Waals surface area contributed by atoms with E-state index >= 15 is 0 Å². The van der Waals surface area contributed by atoms with Gasteiger partial charge in [0, 0.05) is 54.1 Å². The van der Waals surface area contributed by atoms with Crippen LogP contribution in [0.15, 0.2) is 40.8 Å². The summed E-state index contributed by atoms with van der Waals surface area (Å²) in [6, 6.07) is 6.86. The van der Waals surface area contributed by atoms with Crippen molar-refractivity contribution in [1.82, 2.24) is 15.1 Å². The quantitative estimate of drug-likeness (QED) is 0.350. The molecule has 2 unspecified atom stereocenters. The first-order valence-corrected chi connectivity index (χ1v) is 13.1. The van der Waals surface area contributed by atoms with Crippen molar-refractivity contribution >= 4 is 27.8 Å². The summed E-state index contributed by atoms with van der Waals surface area (Å²) >= 11 is 0. The second kappa shape index (κ2) is 10.2.